The van der Waals surface area contributed by atoms with Gasteiger partial charge in [-0.25, -0.2) is 4.98 Å². The minimum absolute atomic E-state index is 0.0636. The molecule has 8 nitrogen and oxygen atoms in total. The molecule has 1 fully saturated rings. The van der Waals surface area contributed by atoms with E-state index >= 15 is 0 Å². The van der Waals surface area contributed by atoms with E-state index in [1.165, 1.54) is 4.90 Å². The largest absolute Gasteiger partial charge is 0.309 e. The third-order valence-corrected chi connectivity index (χ3v) is 6.45. The van der Waals surface area contributed by atoms with Crippen molar-refractivity contribution in [2.75, 3.05) is 16.8 Å². The van der Waals surface area contributed by atoms with Crippen LogP contribution < -0.4 is 10.2 Å². The van der Waals surface area contributed by atoms with Crippen LogP contribution in [0.5, 0.6) is 0 Å². The maximum atomic E-state index is 13.4. The number of hydrogen-bond acceptors (Lipinski definition) is 4. The quantitative estimate of drug-likeness (QED) is 0.602. The predicted octanol–water partition coefficient (Wildman–Crippen LogP) is 3.12. The van der Waals surface area contributed by atoms with Gasteiger partial charge in [-0.05, 0) is 25.5 Å². The van der Waals surface area contributed by atoms with Gasteiger partial charge in [-0.1, -0.05) is 48.4 Å². The van der Waals surface area contributed by atoms with Gasteiger partial charge in [0.2, 0.25) is 11.8 Å². The molecular formula is C26H23N5O3. The van der Waals surface area contributed by atoms with Gasteiger partial charge in [-0.2, -0.15) is 0 Å². The number of carbonyl (C=O) groups is 3. The number of imidazole rings is 1. The number of benzene rings is 2. The third kappa shape index (κ3) is 3.33. The summed E-state index contributed by atoms with van der Waals surface area (Å²) in [6.45, 7) is 1.84. The van der Waals surface area contributed by atoms with Crippen LogP contribution in [0, 0.1) is 12.3 Å². The first-order valence-electron chi connectivity index (χ1n) is 11.0. The highest BCUT2D eigenvalue weighted by Crippen LogP contribution is 2.43. The summed E-state index contributed by atoms with van der Waals surface area (Å²) >= 11 is 0. The topological polar surface area (TPSA) is 87.5 Å². The van der Waals surface area contributed by atoms with Gasteiger partial charge in [0.25, 0.3) is 5.91 Å². The van der Waals surface area contributed by atoms with Crippen LogP contribution in [0.15, 0.2) is 60.9 Å². The molecule has 0 aliphatic carbocycles. The zero-order chi connectivity index (χ0) is 23.9. The molecule has 1 atom stereocenters. The number of amides is 3. The molecule has 3 amide bonds. The highest BCUT2D eigenvalue weighted by atomic mass is 16.2. The number of hydrogen-bond donors (Lipinski definition) is 1. The lowest BCUT2D eigenvalue weighted by atomic mass is 9.98. The fourth-order valence-electron chi connectivity index (χ4n) is 4.80. The van der Waals surface area contributed by atoms with Crippen LogP contribution >= 0.6 is 0 Å². The second-order valence-electron chi connectivity index (χ2n) is 8.54. The van der Waals surface area contributed by atoms with Crippen molar-refractivity contribution < 1.29 is 14.4 Å². The normalized spacial score (nSPS) is 18.9. The van der Waals surface area contributed by atoms with Crippen LogP contribution in [0.2, 0.25) is 0 Å². The standard InChI is InChI=1S/C26H23N5O3/c1-3-15-29-17-27-23(18-9-5-4-6-10-18)24(29)28-21(32)16-30-25(34)19-11-7-8-12-20(19)31-22(33)13-14-26(30,31)2/h1,4-12,17H,13-16H2,2H3,(H,28,32). The molecule has 0 bridgehead atoms. The summed E-state index contributed by atoms with van der Waals surface area (Å²) in [5.41, 5.74) is 1.50. The Hall–Kier alpha value is -4.38. The molecule has 170 valence electrons. The van der Waals surface area contributed by atoms with E-state index in [2.05, 4.69) is 16.2 Å². The molecule has 1 saturated heterocycles. The molecule has 2 aliphatic rings. The van der Waals surface area contributed by atoms with Crippen LogP contribution in [-0.4, -0.2) is 44.4 Å². The second kappa shape index (κ2) is 8.19. The molecule has 3 heterocycles. The highest BCUT2D eigenvalue weighted by molar-refractivity contribution is 6.11. The number of rotatable bonds is 5. The van der Waals surface area contributed by atoms with E-state index in [-0.39, 0.29) is 24.9 Å². The molecule has 1 unspecified atom stereocenters. The van der Waals surface area contributed by atoms with E-state index in [4.69, 9.17) is 6.42 Å². The van der Waals surface area contributed by atoms with Crippen LogP contribution in [0.3, 0.4) is 0 Å². The van der Waals surface area contributed by atoms with Crippen molar-refractivity contribution in [3.63, 3.8) is 0 Å². The number of fused-ring (bicyclic) bond motifs is 3. The fourth-order valence-corrected chi connectivity index (χ4v) is 4.80. The summed E-state index contributed by atoms with van der Waals surface area (Å²) in [6.07, 6.45) is 7.85. The molecule has 5 rings (SSSR count). The van der Waals surface area contributed by atoms with Crippen molar-refractivity contribution >= 4 is 29.2 Å². The van der Waals surface area contributed by atoms with Crippen LogP contribution in [0.25, 0.3) is 11.3 Å². The number of para-hydroxylation sites is 1. The first-order valence-corrected chi connectivity index (χ1v) is 11.0. The van der Waals surface area contributed by atoms with Crippen LogP contribution in [0.4, 0.5) is 11.5 Å². The van der Waals surface area contributed by atoms with Gasteiger partial charge in [-0.3, -0.25) is 19.3 Å². The lowest BCUT2D eigenvalue weighted by molar-refractivity contribution is -0.120. The van der Waals surface area contributed by atoms with Gasteiger partial charge in [0.15, 0.2) is 0 Å². The smallest absolute Gasteiger partial charge is 0.258 e. The zero-order valence-corrected chi connectivity index (χ0v) is 18.7. The Morgan fingerprint density at radius 1 is 1.15 bits per heavy atom. The fraction of sp³-hybridized carbons (Fsp3) is 0.231. The summed E-state index contributed by atoms with van der Waals surface area (Å²) in [5, 5.41) is 2.91. The van der Waals surface area contributed by atoms with E-state index < -0.39 is 11.6 Å². The monoisotopic (exact) mass is 453 g/mol. The third-order valence-electron chi connectivity index (χ3n) is 6.45. The summed E-state index contributed by atoms with van der Waals surface area (Å²) in [6, 6.07) is 16.5. The van der Waals surface area contributed by atoms with Gasteiger partial charge in [-0.15, -0.1) is 6.42 Å². The molecule has 2 aliphatic heterocycles. The molecule has 34 heavy (non-hydrogen) atoms. The molecule has 8 heteroatoms. The second-order valence-corrected chi connectivity index (χ2v) is 8.54. The molecule has 0 radical (unpaired) electrons. The molecule has 2 aromatic carbocycles. The Labute approximate surface area is 197 Å². The van der Waals surface area contributed by atoms with Crippen molar-refractivity contribution in [3.8, 4) is 23.6 Å². The minimum atomic E-state index is -0.915. The van der Waals surface area contributed by atoms with E-state index in [1.54, 1.807) is 40.1 Å². The van der Waals surface area contributed by atoms with E-state index in [0.717, 1.165) is 5.56 Å². The van der Waals surface area contributed by atoms with Gasteiger partial charge < -0.3 is 14.8 Å². The predicted molar refractivity (Wildman–Crippen MR) is 128 cm³/mol. The van der Waals surface area contributed by atoms with E-state index in [1.807, 2.05) is 37.3 Å². The highest BCUT2D eigenvalue weighted by Gasteiger charge is 2.53. The number of aromatic nitrogens is 2. The summed E-state index contributed by atoms with van der Waals surface area (Å²) in [7, 11) is 0. The lowest BCUT2D eigenvalue weighted by Crippen LogP contribution is -2.63. The first-order chi connectivity index (χ1) is 16.4. The Kier molecular flexibility index (Phi) is 5.17. The van der Waals surface area contributed by atoms with Gasteiger partial charge >= 0.3 is 0 Å². The molecule has 1 N–H and O–H groups in total. The Morgan fingerprint density at radius 3 is 2.65 bits per heavy atom. The van der Waals surface area contributed by atoms with Gasteiger partial charge in [0, 0.05) is 12.0 Å². The van der Waals surface area contributed by atoms with Crippen molar-refractivity contribution in [2.45, 2.75) is 32.0 Å². The first kappa shape index (κ1) is 21.5. The van der Waals surface area contributed by atoms with Crippen molar-refractivity contribution in [3.05, 3.63) is 66.5 Å². The van der Waals surface area contributed by atoms with Gasteiger partial charge in [0.05, 0.1) is 24.1 Å². The summed E-state index contributed by atoms with van der Waals surface area (Å²) in [4.78, 5) is 47.0. The van der Waals surface area contributed by atoms with Crippen molar-refractivity contribution in [1.82, 2.24) is 14.5 Å². The van der Waals surface area contributed by atoms with E-state index in [9.17, 15) is 14.4 Å². The van der Waals surface area contributed by atoms with Crippen LogP contribution in [-0.2, 0) is 16.1 Å². The molecular weight excluding hydrogens is 430 g/mol. The van der Waals surface area contributed by atoms with Crippen molar-refractivity contribution in [2.24, 2.45) is 0 Å². The SMILES string of the molecule is C#CCn1cnc(-c2ccccc2)c1NC(=O)CN1C(=O)c2ccccc2N2C(=O)CCC12C. The number of carbonyl (C=O) groups excluding carboxylic acids is 3. The number of terminal acetylenes is 1. The summed E-state index contributed by atoms with van der Waals surface area (Å²) < 4.78 is 1.68. The number of nitrogens with one attached hydrogen (secondary N) is 1. The average Bonchev–Trinajstić information content (AvgIpc) is 3.38. The molecule has 0 saturated carbocycles. The molecule has 0 spiro atoms. The zero-order valence-electron chi connectivity index (χ0n) is 18.7. The summed E-state index contributed by atoms with van der Waals surface area (Å²) in [5.74, 6) is 2.29. The Bertz CT molecular complexity index is 1340. The Morgan fingerprint density at radius 2 is 1.88 bits per heavy atom. The molecule has 3 aromatic rings. The minimum Gasteiger partial charge on any atom is -0.309 e. The Balaban J connectivity index is 1.47. The maximum absolute atomic E-state index is 13.4. The molecule has 1 aromatic heterocycles. The maximum Gasteiger partial charge on any atom is 0.258 e. The van der Waals surface area contributed by atoms with Gasteiger partial charge in [0.1, 0.15) is 23.7 Å². The van der Waals surface area contributed by atoms with Crippen LogP contribution in [0.1, 0.15) is 30.1 Å². The number of nitrogens with zero attached hydrogens (tertiary/aromatic N) is 4. The average molecular weight is 454 g/mol. The number of anilines is 2. The lowest BCUT2D eigenvalue weighted by Gasteiger charge is -2.48. The van der Waals surface area contributed by atoms with E-state index in [0.29, 0.717) is 35.6 Å². The van der Waals surface area contributed by atoms with Crippen molar-refractivity contribution in [1.29, 1.82) is 0 Å².